The van der Waals surface area contributed by atoms with Gasteiger partial charge in [0, 0.05) is 16.2 Å². The van der Waals surface area contributed by atoms with E-state index in [2.05, 4.69) is 40.2 Å². The van der Waals surface area contributed by atoms with Crippen LogP contribution in [0.4, 0.5) is 4.39 Å². The molecule has 3 rings (SSSR count). The van der Waals surface area contributed by atoms with E-state index in [-0.39, 0.29) is 11.9 Å². The number of fused-ring (bicyclic) bond motifs is 1. The maximum atomic E-state index is 13.5. The van der Waals surface area contributed by atoms with E-state index in [1.165, 1.54) is 16.5 Å². The molecule has 0 aliphatic carbocycles. The van der Waals surface area contributed by atoms with E-state index in [0.29, 0.717) is 16.1 Å². The Labute approximate surface area is 130 Å². The number of rotatable bonds is 3. The number of hydrogen-bond donors (Lipinski definition) is 1. The summed E-state index contributed by atoms with van der Waals surface area (Å²) in [4.78, 5) is 1.33. The number of halogens is 2. The first-order chi connectivity index (χ1) is 9.65. The third-order valence-corrected chi connectivity index (χ3v) is 6.00. The first-order valence-corrected chi connectivity index (χ1v) is 8.25. The van der Waals surface area contributed by atoms with Crippen molar-refractivity contribution >= 4 is 27.7 Å². The van der Waals surface area contributed by atoms with E-state index < -0.39 is 0 Å². The minimum atomic E-state index is -0.225. The van der Waals surface area contributed by atoms with Gasteiger partial charge in [0.25, 0.3) is 0 Å². The van der Waals surface area contributed by atoms with Crippen molar-refractivity contribution < 1.29 is 4.39 Å². The van der Waals surface area contributed by atoms with Crippen LogP contribution in [0, 0.1) is 5.82 Å². The van der Waals surface area contributed by atoms with Crippen LogP contribution in [0.1, 0.15) is 11.1 Å². The molecule has 0 aromatic heterocycles. The maximum absolute atomic E-state index is 13.5. The van der Waals surface area contributed by atoms with Crippen molar-refractivity contribution in [3.63, 3.8) is 0 Å². The van der Waals surface area contributed by atoms with Crippen molar-refractivity contribution in [1.82, 2.24) is 0 Å². The van der Waals surface area contributed by atoms with Crippen LogP contribution in [0.5, 0.6) is 0 Å². The Hall–Kier alpha value is -0.840. The molecule has 0 spiro atoms. The fraction of sp³-hybridized carbons (Fsp3) is 0.250. The third kappa shape index (κ3) is 2.78. The number of benzene rings is 2. The Kier molecular flexibility index (Phi) is 4.15. The van der Waals surface area contributed by atoms with E-state index in [9.17, 15) is 4.39 Å². The summed E-state index contributed by atoms with van der Waals surface area (Å²) in [5.74, 6) is -0.225. The maximum Gasteiger partial charge on any atom is 0.137 e. The summed E-state index contributed by atoms with van der Waals surface area (Å²) in [5, 5.41) is 0.363. The highest BCUT2D eigenvalue weighted by Crippen LogP contribution is 2.38. The van der Waals surface area contributed by atoms with Crippen molar-refractivity contribution in [2.45, 2.75) is 29.0 Å². The van der Waals surface area contributed by atoms with Gasteiger partial charge in [-0.05, 0) is 52.0 Å². The van der Waals surface area contributed by atoms with E-state index in [1.54, 1.807) is 6.07 Å². The first-order valence-electron chi connectivity index (χ1n) is 6.58. The van der Waals surface area contributed by atoms with Gasteiger partial charge in [0.05, 0.1) is 4.47 Å². The molecule has 0 bridgehead atoms. The Morgan fingerprint density at radius 1 is 1.25 bits per heavy atom. The van der Waals surface area contributed by atoms with Gasteiger partial charge in [-0.3, -0.25) is 0 Å². The fourth-order valence-corrected chi connectivity index (χ4v) is 4.29. The average Bonchev–Trinajstić information content (AvgIpc) is 2.88. The lowest BCUT2D eigenvalue weighted by atomic mass is 9.99. The zero-order valence-electron chi connectivity index (χ0n) is 10.9. The molecule has 20 heavy (non-hydrogen) atoms. The van der Waals surface area contributed by atoms with Gasteiger partial charge in [-0.15, -0.1) is 11.8 Å². The van der Waals surface area contributed by atoms with Gasteiger partial charge >= 0.3 is 0 Å². The van der Waals surface area contributed by atoms with Gasteiger partial charge in [-0.1, -0.05) is 30.3 Å². The average molecular weight is 352 g/mol. The van der Waals surface area contributed by atoms with Gasteiger partial charge < -0.3 is 5.73 Å². The highest BCUT2D eigenvalue weighted by molar-refractivity contribution is 9.10. The molecule has 0 amide bonds. The molecule has 4 heteroatoms. The molecule has 0 radical (unpaired) electrons. The van der Waals surface area contributed by atoms with E-state index in [1.807, 2.05) is 17.8 Å². The van der Waals surface area contributed by atoms with Gasteiger partial charge in [-0.25, -0.2) is 4.39 Å². The normalized spacial score (nSPS) is 18.9. The van der Waals surface area contributed by atoms with Crippen LogP contribution in [-0.2, 0) is 12.8 Å². The molecular formula is C16H15BrFNS. The van der Waals surface area contributed by atoms with Crippen LogP contribution >= 0.6 is 27.7 Å². The van der Waals surface area contributed by atoms with E-state index in [0.717, 1.165) is 12.0 Å². The molecular weight excluding hydrogens is 337 g/mol. The molecule has 1 heterocycles. The smallest absolute Gasteiger partial charge is 0.137 e. The lowest BCUT2D eigenvalue weighted by Crippen LogP contribution is -2.34. The first kappa shape index (κ1) is 14.1. The highest BCUT2D eigenvalue weighted by atomic mass is 79.9. The Bertz CT molecular complexity index is 607. The van der Waals surface area contributed by atoms with Crippen molar-refractivity contribution in [3.8, 4) is 0 Å². The standard InChI is InChI=1S/C16H15BrFNS/c17-16-11(5-3-6-12(16)18)8-13(19)15-9-10-4-1-2-7-14(10)20-15/h1-7,13,15H,8-9,19H2. The van der Waals surface area contributed by atoms with Crippen molar-refractivity contribution in [2.75, 3.05) is 0 Å². The summed E-state index contributed by atoms with van der Waals surface area (Å²) in [7, 11) is 0. The van der Waals surface area contributed by atoms with Gasteiger partial charge in [-0.2, -0.15) is 0 Å². The molecule has 0 fully saturated rings. The summed E-state index contributed by atoms with van der Waals surface area (Å²) in [6.45, 7) is 0. The summed E-state index contributed by atoms with van der Waals surface area (Å²) in [6.07, 6.45) is 1.68. The zero-order valence-corrected chi connectivity index (χ0v) is 13.3. The molecule has 2 unspecified atom stereocenters. The predicted octanol–water partition coefficient (Wildman–Crippen LogP) is 4.18. The second-order valence-electron chi connectivity index (χ2n) is 5.05. The lowest BCUT2D eigenvalue weighted by Gasteiger charge is -2.19. The molecule has 1 nitrogen and oxygen atoms in total. The Morgan fingerprint density at radius 3 is 2.85 bits per heavy atom. The Balaban J connectivity index is 1.72. The van der Waals surface area contributed by atoms with E-state index in [4.69, 9.17) is 5.73 Å². The highest BCUT2D eigenvalue weighted by Gasteiger charge is 2.27. The molecule has 2 atom stereocenters. The molecule has 1 aliphatic rings. The van der Waals surface area contributed by atoms with Crippen LogP contribution in [0.25, 0.3) is 0 Å². The number of thioether (sulfide) groups is 1. The largest absolute Gasteiger partial charge is 0.326 e. The van der Waals surface area contributed by atoms with Crippen LogP contribution < -0.4 is 5.73 Å². The SMILES string of the molecule is NC(Cc1cccc(F)c1Br)C1Cc2ccccc2S1. The fourth-order valence-electron chi connectivity index (χ4n) is 2.54. The summed E-state index contributed by atoms with van der Waals surface area (Å²) in [6, 6.07) is 13.6. The van der Waals surface area contributed by atoms with Crippen LogP contribution in [0.15, 0.2) is 51.8 Å². The van der Waals surface area contributed by atoms with Crippen molar-refractivity contribution in [1.29, 1.82) is 0 Å². The Morgan fingerprint density at radius 2 is 2.05 bits per heavy atom. The second-order valence-corrected chi connectivity index (χ2v) is 7.12. The minimum Gasteiger partial charge on any atom is -0.326 e. The minimum absolute atomic E-state index is 0.0190. The number of hydrogen-bond acceptors (Lipinski definition) is 2. The van der Waals surface area contributed by atoms with Gasteiger partial charge in [0.2, 0.25) is 0 Å². The van der Waals surface area contributed by atoms with Crippen molar-refractivity contribution in [2.24, 2.45) is 5.73 Å². The van der Waals surface area contributed by atoms with Gasteiger partial charge in [0.15, 0.2) is 0 Å². The molecule has 2 N–H and O–H groups in total. The van der Waals surface area contributed by atoms with Crippen LogP contribution in [-0.4, -0.2) is 11.3 Å². The third-order valence-electron chi connectivity index (χ3n) is 3.64. The van der Waals surface area contributed by atoms with E-state index >= 15 is 0 Å². The molecule has 104 valence electrons. The second kappa shape index (κ2) is 5.88. The summed E-state index contributed by atoms with van der Waals surface area (Å²) >= 11 is 5.15. The number of nitrogens with two attached hydrogens (primary N) is 1. The molecule has 0 saturated heterocycles. The zero-order chi connectivity index (χ0) is 14.1. The van der Waals surface area contributed by atoms with Crippen LogP contribution in [0.3, 0.4) is 0 Å². The quantitative estimate of drug-likeness (QED) is 0.897. The van der Waals surface area contributed by atoms with Gasteiger partial charge in [0.1, 0.15) is 5.82 Å². The molecule has 2 aromatic rings. The molecule has 0 saturated carbocycles. The lowest BCUT2D eigenvalue weighted by molar-refractivity contribution is 0.603. The monoisotopic (exact) mass is 351 g/mol. The predicted molar refractivity (Wildman–Crippen MR) is 85.6 cm³/mol. The molecule has 1 aliphatic heterocycles. The summed E-state index contributed by atoms with van der Waals surface area (Å²) < 4.78 is 14.1. The molecule has 2 aromatic carbocycles. The van der Waals surface area contributed by atoms with Crippen molar-refractivity contribution in [3.05, 3.63) is 63.9 Å². The van der Waals surface area contributed by atoms with Crippen LogP contribution in [0.2, 0.25) is 0 Å². The topological polar surface area (TPSA) is 26.0 Å². The summed E-state index contributed by atoms with van der Waals surface area (Å²) in [5.41, 5.74) is 8.66.